The van der Waals surface area contributed by atoms with Crippen molar-refractivity contribution in [2.24, 2.45) is 0 Å². The molecule has 104 valence electrons. The van der Waals surface area contributed by atoms with Gasteiger partial charge in [-0.1, -0.05) is 6.07 Å². The lowest BCUT2D eigenvalue weighted by atomic mass is 10.1. The van der Waals surface area contributed by atoms with E-state index in [1.165, 1.54) is 23.1 Å². The van der Waals surface area contributed by atoms with Gasteiger partial charge in [0.05, 0.1) is 11.0 Å². The molecule has 0 aliphatic heterocycles. The van der Waals surface area contributed by atoms with Gasteiger partial charge in [-0.25, -0.2) is 4.39 Å². The highest BCUT2D eigenvalue weighted by Crippen LogP contribution is 2.20. The second-order valence-corrected chi connectivity index (χ2v) is 4.60. The van der Waals surface area contributed by atoms with Gasteiger partial charge < -0.3 is 4.90 Å². The van der Waals surface area contributed by atoms with Crippen molar-refractivity contribution < 1.29 is 9.18 Å². The molecule has 0 bridgehead atoms. The van der Waals surface area contributed by atoms with Crippen LogP contribution in [0, 0.1) is 5.82 Å². The number of nitrogens with zero attached hydrogens (tertiary/aromatic N) is 3. The molecule has 2 aromatic carbocycles. The molecule has 0 saturated carbocycles. The molecule has 1 heterocycles. The van der Waals surface area contributed by atoms with Crippen LogP contribution >= 0.6 is 0 Å². The summed E-state index contributed by atoms with van der Waals surface area (Å²) in [5, 5.41) is 0. The number of fused-ring (bicyclic) bond motifs is 1. The van der Waals surface area contributed by atoms with Crippen LogP contribution in [-0.4, -0.2) is 22.9 Å². The maximum absolute atomic E-state index is 13.2. The van der Waals surface area contributed by atoms with Crippen LogP contribution in [0.5, 0.6) is 0 Å². The topological polar surface area (TPSA) is 46.1 Å². The number of carbonyl (C=O) groups is 1. The fraction of sp³-hybridized carbons (Fsp3) is 0.0625. The molecule has 0 radical (unpaired) electrons. The van der Waals surface area contributed by atoms with Gasteiger partial charge in [-0.15, -0.1) is 0 Å². The molecule has 0 fully saturated rings. The number of hydrogen-bond donors (Lipinski definition) is 0. The third kappa shape index (κ3) is 2.58. The zero-order chi connectivity index (χ0) is 14.8. The second kappa shape index (κ2) is 5.28. The van der Waals surface area contributed by atoms with Gasteiger partial charge in [0, 0.05) is 30.7 Å². The quantitative estimate of drug-likeness (QED) is 0.725. The highest BCUT2D eigenvalue weighted by molar-refractivity contribution is 6.06. The van der Waals surface area contributed by atoms with E-state index >= 15 is 0 Å². The van der Waals surface area contributed by atoms with Crippen LogP contribution in [0.15, 0.2) is 54.9 Å². The van der Waals surface area contributed by atoms with Crippen molar-refractivity contribution in [2.45, 2.75) is 0 Å². The Labute approximate surface area is 120 Å². The maximum atomic E-state index is 13.2. The molecule has 0 N–H and O–H groups in total. The van der Waals surface area contributed by atoms with Gasteiger partial charge in [-0.2, -0.15) is 0 Å². The number of hydrogen-bond acceptors (Lipinski definition) is 3. The number of rotatable bonds is 2. The Kier molecular flexibility index (Phi) is 3.31. The van der Waals surface area contributed by atoms with Crippen molar-refractivity contribution in [1.82, 2.24) is 9.97 Å². The minimum Gasteiger partial charge on any atom is -0.311 e. The van der Waals surface area contributed by atoms with Gasteiger partial charge in [-0.3, -0.25) is 14.8 Å². The summed E-state index contributed by atoms with van der Waals surface area (Å²) in [5.74, 6) is -0.712. The highest BCUT2D eigenvalue weighted by Gasteiger charge is 2.14. The summed E-state index contributed by atoms with van der Waals surface area (Å²) in [4.78, 5) is 22.2. The van der Waals surface area contributed by atoms with E-state index in [1.54, 1.807) is 43.7 Å². The normalized spacial score (nSPS) is 10.6. The lowest BCUT2D eigenvalue weighted by Crippen LogP contribution is -2.26. The first-order chi connectivity index (χ1) is 10.1. The van der Waals surface area contributed by atoms with E-state index in [-0.39, 0.29) is 5.91 Å². The molecule has 3 rings (SSSR count). The SMILES string of the molecule is CN(C(=O)c1cccc(F)c1)c1ccc2nccnc2c1. The fourth-order valence-electron chi connectivity index (χ4n) is 2.09. The van der Waals surface area contributed by atoms with Gasteiger partial charge in [0.25, 0.3) is 5.91 Å². The Morgan fingerprint density at radius 3 is 2.57 bits per heavy atom. The van der Waals surface area contributed by atoms with Crippen LogP contribution in [0.25, 0.3) is 11.0 Å². The van der Waals surface area contributed by atoms with Gasteiger partial charge in [-0.05, 0) is 36.4 Å². The zero-order valence-electron chi connectivity index (χ0n) is 11.3. The van der Waals surface area contributed by atoms with E-state index in [9.17, 15) is 9.18 Å². The standard InChI is InChI=1S/C16H12FN3O/c1-20(16(21)11-3-2-4-12(17)9-11)13-5-6-14-15(10-13)19-8-7-18-14/h2-10H,1H3. The number of aromatic nitrogens is 2. The first-order valence-corrected chi connectivity index (χ1v) is 6.39. The van der Waals surface area contributed by atoms with Crippen LogP contribution in [0.3, 0.4) is 0 Å². The van der Waals surface area contributed by atoms with E-state index in [1.807, 2.05) is 0 Å². The van der Waals surface area contributed by atoms with E-state index in [2.05, 4.69) is 9.97 Å². The minimum absolute atomic E-state index is 0.280. The molecule has 3 aromatic rings. The lowest BCUT2D eigenvalue weighted by molar-refractivity contribution is 0.0992. The highest BCUT2D eigenvalue weighted by atomic mass is 19.1. The molecule has 0 atom stereocenters. The lowest BCUT2D eigenvalue weighted by Gasteiger charge is -2.17. The van der Waals surface area contributed by atoms with Crippen molar-refractivity contribution in [3.05, 3.63) is 66.2 Å². The molecule has 0 saturated heterocycles. The summed E-state index contributed by atoms with van der Waals surface area (Å²) in [6, 6.07) is 11.0. The number of halogens is 1. The average Bonchev–Trinajstić information content (AvgIpc) is 2.53. The van der Waals surface area contributed by atoms with E-state index in [0.717, 1.165) is 5.52 Å². The van der Waals surface area contributed by atoms with Crippen molar-refractivity contribution in [1.29, 1.82) is 0 Å². The summed E-state index contributed by atoms with van der Waals surface area (Å²) < 4.78 is 13.2. The largest absolute Gasteiger partial charge is 0.311 e. The summed E-state index contributed by atoms with van der Waals surface area (Å²) in [5.41, 5.74) is 2.44. The fourth-order valence-corrected chi connectivity index (χ4v) is 2.09. The molecule has 1 aromatic heterocycles. The molecule has 4 nitrogen and oxygen atoms in total. The number of carbonyl (C=O) groups excluding carboxylic acids is 1. The van der Waals surface area contributed by atoms with Crippen LogP contribution in [-0.2, 0) is 0 Å². The molecule has 21 heavy (non-hydrogen) atoms. The van der Waals surface area contributed by atoms with Crippen molar-refractivity contribution in [3.63, 3.8) is 0 Å². The third-order valence-corrected chi connectivity index (χ3v) is 3.22. The Balaban J connectivity index is 1.96. The second-order valence-electron chi connectivity index (χ2n) is 4.60. The Hall–Kier alpha value is -2.82. The molecule has 0 spiro atoms. The minimum atomic E-state index is -0.432. The van der Waals surface area contributed by atoms with Crippen molar-refractivity contribution >= 4 is 22.6 Å². The van der Waals surface area contributed by atoms with Gasteiger partial charge in [0.2, 0.25) is 0 Å². The summed E-state index contributed by atoms with van der Waals surface area (Å²) in [7, 11) is 1.64. The summed E-state index contributed by atoms with van der Waals surface area (Å²) in [6.45, 7) is 0. The summed E-state index contributed by atoms with van der Waals surface area (Å²) in [6.07, 6.45) is 3.21. The predicted molar refractivity (Wildman–Crippen MR) is 78.7 cm³/mol. The zero-order valence-corrected chi connectivity index (χ0v) is 11.3. The Bertz CT molecular complexity index is 819. The first kappa shape index (κ1) is 13.2. The van der Waals surface area contributed by atoms with E-state index < -0.39 is 5.82 Å². The van der Waals surface area contributed by atoms with E-state index in [0.29, 0.717) is 16.8 Å². The molecule has 1 amide bonds. The van der Waals surface area contributed by atoms with Gasteiger partial charge in [0.15, 0.2) is 0 Å². The molecule has 0 unspecified atom stereocenters. The monoisotopic (exact) mass is 281 g/mol. The summed E-state index contributed by atoms with van der Waals surface area (Å²) >= 11 is 0. The molecular weight excluding hydrogens is 269 g/mol. The molecule has 0 aliphatic rings. The van der Waals surface area contributed by atoms with Gasteiger partial charge in [0.1, 0.15) is 5.82 Å². The third-order valence-electron chi connectivity index (χ3n) is 3.22. The first-order valence-electron chi connectivity index (χ1n) is 6.39. The Morgan fingerprint density at radius 1 is 1.05 bits per heavy atom. The average molecular weight is 281 g/mol. The van der Waals surface area contributed by atoms with Crippen LogP contribution in [0.4, 0.5) is 10.1 Å². The smallest absolute Gasteiger partial charge is 0.258 e. The Morgan fingerprint density at radius 2 is 1.81 bits per heavy atom. The van der Waals surface area contributed by atoms with Crippen molar-refractivity contribution in [2.75, 3.05) is 11.9 Å². The van der Waals surface area contributed by atoms with Crippen LogP contribution in [0.1, 0.15) is 10.4 Å². The number of amides is 1. The van der Waals surface area contributed by atoms with Crippen LogP contribution in [0.2, 0.25) is 0 Å². The molecular formula is C16H12FN3O. The number of anilines is 1. The van der Waals surface area contributed by atoms with Crippen molar-refractivity contribution in [3.8, 4) is 0 Å². The van der Waals surface area contributed by atoms with E-state index in [4.69, 9.17) is 0 Å². The molecule has 0 aliphatic carbocycles. The molecule has 5 heteroatoms. The maximum Gasteiger partial charge on any atom is 0.258 e. The van der Waals surface area contributed by atoms with Gasteiger partial charge >= 0.3 is 0 Å². The number of benzene rings is 2. The predicted octanol–water partition coefficient (Wildman–Crippen LogP) is 3.05. The van der Waals surface area contributed by atoms with Crippen LogP contribution < -0.4 is 4.90 Å².